The van der Waals surface area contributed by atoms with Gasteiger partial charge in [0.25, 0.3) is 0 Å². The van der Waals surface area contributed by atoms with Crippen molar-refractivity contribution >= 4 is 16.9 Å². The van der Waals surface area contributed by atoms with Crippen LogP contribution in [0.3, 0.4) is 0 Å². The third kappa shape index (κ3) is 3.32. The van der Waals surface area contributed by atoms with Crippen molar-refractivity contribution in [3.63, 3.8) is 0 Å². The highest BCUT2D eigenvalue weighted by Crippen LogP contribution is 2.35. The highest BCUT2D eigenvalue weighted by atomic mass is 19.1. The Morgan fingerprint density at radius 3 is 3.00 bits per heavy atom. The maximum absolute atomic E-state index is 15.4. The van der Waals surface area contributed by atoms with E-state index in [0.29, 0.717) is 35.5 Å². The second-order valence-corrected chi connectivity index (χ2v) is 7.83. The molecule has 1 aliphatic rings. The summed E-state index contributed by atoms with van der Waals surface area (Å²) in [7, 11) is 0. The molecule has 0 bridgehead atoms. The zero-order valence-corrected chi connectivity index (χ0v) is 15.9. The average molecular weight is 393 g/mol. The summed E-state index contributed by atoms with van der Waals surface area (Å²) in [5, 5.41) is 17.8. The van der Waals surface area contributed by atoms with Gasteiger partial charge < -0.3 is 10.0 Å². The highest BCUT2D eigenvalue weighted by molar-refractivity contribution is 5.89. The molecule has 154 valence electrons. The van der Waals surface area contributed by atoms with Gasteiger partial charge in [-0.2, -0.15) is 5.10 Å². The van der Waals surface area contributed by atoms with E-state index in [1.165, 1.54) is 6.07 Å². The number of halogens is 2. The molecule has 0 amide bonds. The smallest absolute Gasteiger partial charge is 0.181 e. The van der Waals surface area contributed by atoms with Crippen LogP contribution in [0.2, 0.25) is 0 Å². The number of piperidine rings is 1. The predicted molar refractivity (Wildman–Crippen MR) is 110 cm³/mol. The Labute approximate surface area is 166 Å². The van der Waals surface area contributed by atoms with Gasteiger partial charge in [-0.15, -0.1) is 0 Å². The van der Waals surface area contributed by atoms with Crippen LogP contribution in [0.1, 0.15) is 31.0 Å². The molecular formula is C20H29F2N5O. The van der Waals surface area contributed by atoms with Crippen LogP contribution >= 0.6 is 0 Å². The summed E-state index contributed by atoms with van der Waals surface area (Å²) in [6.45, 7) is 4.33. The summed E-state index contributed by atoms with van der Waals surface area (Å²) in [6.07, 6.45) is 1.17. The van der Waals surface area contributed by atoms with Gasteiger partial charge in [-0.1, -0.05) is 13.8 Å². The molecule has 0 spiro atoms. The molecule has 0 saturated carbocycles. The van der Waals surface area contributed by atoms with Gasteiger partial charge in [-0.25, -0.2) is 18.7 Å². The summed E-state index contributed by atoms with van der Waals surface area (Å²) in [6, 6.07) is 6.41. The Morgan fingerprint density at radius 1 is 1.39 bits per heavy atom. The van der Waals surface area contributed by atoms with Gasteiger partial charge in [0.15, 0.2) is 17.1 Å². The minimum atomic E-state index is -1.72. The maximum atomic E-state index is 15.4. The van der Waals surface area contributed by atoms with Gasteiger partial charge in [-0.05, 0) is 43.0 Å². The zero-order chi connectivity index (χ0) is 19.9. The van der Waals surface area contributed by atoms with Gasteiger partial charge in [0, 0.05) is 22.4 Å². The molecule has 4 rings (SSSR count). The number of nitrogens with zero attached hydrogens (tertiary/aromatic N) is 4. The third-order valence-electron chi connectivity index (χ3n) is 5.19. The molecule has 2 atom stereocenters. The summed E-state index contributed by atoms with van der Waals surface area (Å²) < 4.78 is 29.9. The first-order valence-electron chi connectivity index (χ1n) is 9.45. The lowest BCUT2D eigenvalue weighted by Gasteiger charge is -2.42. The molecular weight excluding hydrogens is 364 g/mol. The minimum Gasteiger partial charge on any atom is -0.390 e. The third-order valence-corrected chi connectivity index (χ3v) is 5.19. The maximum Gasteiger partial charge on any atom is 0.181 e. The highest BCUT2D eigenvalue weighted by Gasteiger charge is 2.44. The number of rotatable bonds is 4. The van der Waals surface area contributed by atoms with E-state index >= 15 is 4.39 Å². The fraction of sp³-hybridized carbons (Fsp3) is 0.450. The number of aromatic amines is 1. The molecule has 6 nitrogen and oxygen atoms in total. The van der Waals surface area contributed by atoms with Crippen LogP contribution in [-0.4, -0.2) is 50.1 Å². The molecule has 0 unspecified atom stereocenters. The van der Waals surface area contributed by atoms with E-state index in [4.69, 9.17) is 0 Å². The fourth-order valence-electron chi connectivity index (χ4n) is 3.93. The second-order valence-electron chi connectivity index (χ2n) is 7.83. The number of alkyl halides is 1. The number of anilines is 1. The molecule has 8 heteroatoms. The number of aliphatic hydroxyl groups excluding tert-OH is 1. The molecule has 1 fully saturated rings. The van der Waals surface area contributed by atoms with E-state index in [1.807, 2.05) is 13.8 Å². The molecule has 4 heterocycles. The van der Waals surface area contributed by atoms with E-state index in [-0.39, 0.29) is 28.9 Å². The monoisotopic (exact) mass is 393 g/mol. The molecule has 1 saturated heterocycles. The van der Waals surface area contributed by atoms with Gasteiger partial charge in [-0.3, -0.25) is 5.10 Å². The van der Waals surface area contributed by atoms with E-state index < -0.39 is 17.6 Å². The number of aromatic nitrogens is 4. The number of nitrogens with one attached hydrogen (secondary N) is 1. The Kier molecular flexibility index (Phi) is 4.74. The Bertz CT molecular complexity index is 1010. The van der Waals surface area contributed by atoms with E-state index in [9.17, 15) is 9.50 Å². The molecule has 0 aromatic carbocycles. The lowest BCUT2D eigenvalue weighted by atomic mass is 9.84. The van der Waals surface area contributed by atoms with Crippen LogP contribution in [0, 0.1) is 11.7 Å². The number of aliphatic hydroxyl groups is 1. The average Bonchev–Trinajstić information content (AvgIpc) is 3.08. The first-order valence-corrected chi connectivity index (χ1v) is 9.45. The molecule has 2 N–H and O–H groups in total. The predicted octanol–water partition coefficient (Wildman–Crippen LogP) is 4.22. The lowest BCUT2D eigenvalue weighted by Crippen LogP contribution is -2.55. The standard InChI is InChI=1S/C20H23F2N5O.3H2/c1-12(2)10-20(22)11-27(9-7-15(20)28)16-6-5-14(21)18(24-16)17-13-4-3-8-23-19(13)26-25-17;;;/h3-6,8,12,15,28H,7,9-11H2,1-2H3,(H,23,25,26);3*1H/t15-,20-;;;/m0.../s1. The number of H-pyrrole nitrogens is 1. The summed E-state index contributed by atoms with van der Waals surface area (Å²) >= 11 is 0. The van der Waals surface area contributed by atoms with Crippen molar-refractivity contribution in [2.45, 2.75) is 38.5 Å². The summed E-state index contributed by atoms with van der Waals surface area (Å²) in [5.74, 6) is 0.0878. The fourth-order valence-corrected chi connectivity index (χ4v) is 3.93. The Morgan fingerprint density at radius 2 is 2.21 bits per heavy atom. The van der Waals surface area contributed by atoms with E-state index in [0.717, 1.165) is 0 Å². The molecule has 1 aliphatic heterocycles. The van der Waals surface area contributed by atoms with Crippen molar-refractivity contribution in [3.8, 4) is 11.4 Å². The first-order chi connectivity index (χ1) is 13.4. The van der Waals surface area contributed by atoms with Crippen LogP contribution in [0.4, 0.5) is 14.6 Å². The lowest BCUT2D eigenvalue weighted by molar-refractivity contribution is -0.0340. The van der Waals surface area contributed by atoms with Crippen LogP contribution < -0.4 is 4.90 Å². The number of hydrogen-bond donors (Lipinski definition) is 2. The number of fused-ring (bicyclic) bond motifs is 1. The van der Waals surface area contributed by atoms with Crippen LogP contribution in [0.5, 0.6) is 0 Å². The van der Waals surface area contributed by atoms with Crippen molar-refractivity contribution in [2.24, 2.45) is 5.92 Å². The zero-order valence-electron chi connectivity index (χ0n) is 15.9. The SMILES string of the molecule is CC(C)C[C@]1(F)CN(c2ccc(F)c(-c3[nH]nc4ncccc34)n2)CC[C@@H]1O.[HH].[HH].[HH]. The largest absolute Gasteiger partial charge is 0.390 e. The topological polar surface area (TPSA) is 77.9 Å². The molecule has 3 aromatic rings. The van der Waals surface area contributed by atoms with E-state index in [1.54, 1.807) is 29.3 Å². The number of hydrogen-bond acceptors (Lipinski definition) is 5. The summed E-state index contributed by atoms with van der Waals surface area (Å²) in [5.41, 5.74) is -0.682. The molecule has 0 radical (unpaired) electrons. The summed E-state index contributed by atoms with van der Waals surface area (Å²) in [4.78, 5) is 10.4. The van der Waals surface area contributed by atoms with Crippen LogP contribution in [0.15, 0.2) is 30.5 Å². The number of pyridine rings is 2. The van der Waals surface area contributed by atoms with Crippen LogP contribution in [0.25, 0.3) is 22.4 Å². The molecule has 28 heavy (non-hydrogen) atoms. The van der Waals surface area contributed by atoms with Crippen molar-refractivity contribution in [2.75, 3.05) is 18.0 Å². The van der Waals surface area contributed by atoms with E-state index in [2.05, 4.69) is 20.2 Å². The quantitative estimate of drug-likeness (QED) is 0.694. The van der Waals surface area contributed by atoms with Crippen molar-refractivity contribution < 1.29 is 18.2 Å². The molecule has 3 aromatic heterocycles. The Hall–Kier alpha value is -2.61. The van der Waals surface area contributed by atoms with Crippen molar-refractivity contribution in [1.29, 1.82) is 0 Å². The van der Waals surface area contributed by atoms with Gasteiger partial charge in [0.2, 0.25) is 0 Å². The van der Waals surface area contributed by atoms with Crippen LogP contribution in [-0.2, 0) is 0 Å². The van der Waals surface area contributed by atoms with Gasteiger partial charge in [0.05, 0.1) is 18.3 Å². The minimum absolute atomic E-state index is 0. The molecule has 0 aliphatic carbocycles. The van der Waals surface area contributed by atoms with Crippen molar-refractivity contribution in [3.05, 3.63) is 36.3 Å². The van der Waals surface area contributed by atoms with Crippen molar-refractivity contribution in [1.82, 2.24) is 20.2 Å². The van der Waals surface area contributed by atoms with Gasteiger partial charge >= 0.3 is 0 Å². The first kappa shape index (κ1) is 18.7. The normalized spacial score (nSPS) is 22.9. The second kappa shape index (κ2) is 7.09. The Balaban J connectivity index is 0.00000160. The van der Waals surface area contributed by atoms with Gasteiger partial charge in [0.1, 0.15) is 11.5 Å².